The Balaban J connectivity index is 1.60. The van der Waals surface area contributed by atoms with E-state index in [1.165, 1.54) is 23.6 Å². The van der Waals surface area contributed by atoms with Crippen LogP contribution in [0.1, 0.15) is 20.3 Å². The highest BCUT2D eigenvalue weighted by Gasteiger charge is 2.30. The number of rotatable bonds is 6. The average Bonchev–Trinajstić information content (AvgIpc) is 3.29. The second kappa shape index (κ2) is 9.36. The summed E-state index contributed by atoms with van der Waals surface area (Å²) in [6, 6.07) is 8.15. The quantitative estimate of drug-likeness (QED) is 0.419. The molecular formula is C24H26N6O5S. The van der Waals surface area contributed by atoms with Crippen molar-refractivity contribution in [1.29, 1.82) is 0 Å². The van der Waals surface area contributed by atoms with E-state index in [9.17, 15) is 18.0 Å². The van der Waals surface area contributed by atoms with Crippen LogP contribution < -0.4 is 10.3 Å². The normalized spacial score (nSPS) is 15.0. The molecule has 2 aromatic carbocycles. The number of hydrogen-bond acceptors (Lipinski definition) is 7. The van der Waals surface area contributed by atoms with Crippen molar-refractivity contribution in [3.05, 3.63) is 53.3 Å². The zero-order valence-corrected chi connectivity index (χ0v) is 20.8. The number of piperazine rings is 1. The van der Waals surface area contributed by atoms with Gasteiger partial charge in [0.25, 0.3) is 5.56 Å². The molecule has 11 nitrogen and oxygen atoms in total. The van der Waals surface area contributed by atoms with E-state index in [2.05, 4.69) is 15.0 Å². The number of amides is 1. The summed E-state index contributed by atoms with van der Waals surface area (Å²) in [6.07, 6.45) is 3.69. The van der Waals surface area contributed by atoms with Crippen LogP contribution in [0.15, 0.2) is 52.7 Å². The molecule has 1 aliphatic heterocycles. The number of H-pyrrole nitrogens is 1. The second-order valence-electron chi connectivity index (χ2n) is 8.59. The van der Waals surface area contributed by atoms with E-state index in [0.717, 1.165) is 6.42 Å². The van der Waals surface area contributed by atoms with Crippen LogP contribution in [0.2, 0.25) is 0 Å². The van der Waals surface area contributed by atoms with Crippen molar-refractivity contribution in [1.82, 2.24) is 28.7 Å². The number of aromatic nitrogens is 4. The number of benzene rings is 2. The first-order chi connectivity index (χ1) is 17.3. The minimum Gasteiger partial charge on any atom is -0.491 e. The first-order valence-electron chi connectivity index (χ1n) is 11.7. The van der Waals surface area contributed by atoms with Crippen LogP contribution in [0.5, 0.6) is 5.75 Å². The molecule has 1 saturated heterocycles. The fraction of sp³-hybridized carbons (Fsp3) is 0.333. The van der Waals surface area contributed by atoms with E-state index in [4.69, 9.17) is 4.74 Å². The largest absolute Gasteiger partial charge is 0.491 e. The zero-order valence-electron chi connectivity index (χ0n) is 20.0. The average molecular weight is 511 g/mol. The maximum absolute atomic E-state index is 13.5. The molecule has 1 N–H and O–H groups in total. The lowest BCUT2D eigenvalue weighted by molar-refractivity contribution is -0.129. The number of ether oxygens (including phenoxy) is 1. The van der Waals surface area contributed by atoms with Gasteiger partial charge in [0.2, 0.25) is 15.9 Å². The van der Waals surface area contributed by atoms with Crippen molar-refractivity contribution < 1.29 is 17.9 Å². The molecule has 0 spiro atoms. The predicted octanol–water partition coefficient (Wildman–Crippen LogP) is 1.90. The highest BCUT2D eigenvalue weighted by Crippen LogP contribution is 2.31. The van der Waals surface area contributed by atoms with Crippen LogP contribution in [-0.2, 0) is 14.8 Å². The molecule has 0 radical (unpaired) electrons. The SMILES string of the molecule is CCCOc1ccc(S(=O)(=O)N2CCN(C(C)=O)CC2)cc1-n1cnc2cc3nc[nH]c(=O)c3cc21. The van der Waals surface area contributed by atoms with Crippen molar-refractivity contribution in [2.45, 2.75) is 25.2 Å². The first kappa shape index (κ1) is 23.9. The van der Waals surface area contributed by atoms with Crippen molar-refractivity contribution in [2.24, 2.45) is 0 Å². The molecule has 0 bridgehead atoms. The summed E-state index contributed by atoms with van der Waals surface area (Å²) in [7, 11) is -3.82. The number of carbonyl (C=O) groups excluding carboxylic acids is 1. The number of nitrogens with zero attached hydrogens (tertiary/aromatic N) is 5. The van der Waals surface area contributed by atoms with Gasteiger partial charge < -0.3 is 14.6 Å². The summed E-state index contributed by atoms with van der Waals surface area (Å²) < 4.78 is 36.0. The van der Waals surface area contributed by atoms with Gasteiger partial charge in [-0.25, -0.2) is 18.4 Å². The highest BCUT2D eigenvalue weighted by atomic mass is 32.2. The molecule has 1 fully saturated rings. The molecule has 2 aromatic heterocycles. The Hall–Kier alpha value is -3.77. The summed E-state index contributed by atoms with van der Waals surface area (Å²) in [5, 5.41) is 0.398. The molecule has 12 heteroatoms. The summed E-state index contributed by atoms with van der Waals surface area (Å²) in [5.41, 5.74) is 1.95. The summed E-state index contributed by atoms with van der Waals surface area (Å²) in [6.45, 7) is 5.06. The molecule has 1 aliphatic rings. The second-order valence-corrected chi connectivity index (χ2v) is 10.5. The third-order valence-corrected chi connectivity index (χ3v) is 8.18. The zero-order chi connectivity index (χ0) is 25.4. The van der Waals surface area contributed by atoms with Crippen molar-refractivity contribution in [3.63, 3.8) is 0 Å². The minimum atomic E-state index is -3.82. The Morgan fingerprint density at radius 3 is 2.58 bits per heavy atom. The van der Waals surface area contributed by atoms with Crippen LogP contribution in [0, 0.1) is 0 Å². The van der Waals surface area contributed by atoms with Crippen molar-refractivity contribution in [2.75, 3.05) is 32.8 Å². The minimum absolute atomic E-state index is 0.0692. The lowest BCUT2D eigenvalue weighted by Gasteiger charge is -2.33. The summed E-state index contributed by atoms with van der Waals surface area (Å²) in [4.78, 5) is 37.0. The van der Waals surface area contributed by atoms with Gasteiger partial charge in [0.15, 0.2) is 0 Å². The molecule has 4 aromatic rings. The smallest absolute Gasteiger partial charge is 0.258 e. The van der Waals surface area contributed by atoms with E-state index in [1.807, 2.05) is 6.92 Å². The molecule has 3 heterocycles. The third kappa shape index (κ3) is 4.22. The van der Waals surface area contributed by atoms with Crippen molar-refractivity contribution >= 4 is 37.9 Å². The fourth-order valence-corrected chi connectivity index (χ4v) is 5.78. The molecule has 5 rings (SSSR count). The van der Waals surface area contributed by atoms with Crippen molar-refractivity contribution in [3.8, 4) is 11.4 Å². The predicted molar refractivity (Wildman–Crippen MR) is 134 cm³/mol. The van der Waals surface area contributed by atoms with E-state index in [0.29, 0.717) is 53.1 Å². The summed E-state index contributed by atoms with van der Waals surface area (Å²) >= 11 is 0. The number of aromatic amines is 1. The Kier molecular flexibility index (Phi) is 6.22. The van der Waals surface area contributed by atoms with Crippen LogP contribution in [0.4, 0.5) is 0 Å². The number of fused-ring (bicyclic) bond motifs is 2. The third-order valence-electron chi connectivity index (χ3n) is 6.28. The molecule has 1 amide bonds. The molecule has 0 saturated carbocycles. The lowest BCUT2D eigenvalue weighted by Crippen LogP contribution is -2.49. The summed E-state index contributed by atoms with van der Waals surface area (Å²) in [5.74, 6) is 0.428. The Morgan fingerprint density at radius 1 is 1.08 bits per heavy atom. The van der Waals surface area contributed by atoms with E-state index in [1.54, 1.807) is 40.1 Å². The number of hydrogen-bond donors (Lipinski definition) is 1. The van der Waals surface area contributed by atoms with Gasteiger partial charge in [0.05, 0.1) is 45.5 Å². The topological polar surface area (TPSA) is 130 Å². The molecule has 0 atom stereocenters. The van der Waals surface area contributed by atoms with Gasteiger partial charge in [-0.3, -0.25) is 14.2 Å². The van der Waals surface area contributed by atoms with Gasteiger partial charge in [-0.15, -0.1) is 0 Å². The standard InChI is InChI=1S/C24H26N6O5S/c1-3-10-35-23-5-4-17(36(33,34)29-8-6-28(7-9-29)16(2)31)11-22(23)30-15-27-20-13-19-18(12-21(20)30)24(32)26-14-25-19/h4-5,11-15H,3,6-10H2,1-2H3,(H,25,26,32). The molecular weight excluding hydrogens is 484 g/mol. The maximum Gasteiger partial charge on any atom is 0.258 e. The maximum atomic E-state index is 13.5. The van der Waals surface area contributed by atoms with Gasteiger partial charge in [-0.1, -0.05) is 6.92 Å². The van der Waals surface area contributed by atoms with Crippen LogP contribution in [0.3, 0.4) is 0 Å². The van der Waals surface area contributed by atoms with Crippen LogP contribution in [0.25, 0.3) is 27.6 Å². The van der Waals surface area contributed by atoms with E-state index < -0.39 is 10.0 Å². The number of sulfonamides is 1. The fourth-order valence-electron chi connectivity index (χ4n) is 4.34. The number of nitrogens with one attached hydrogen (secondary N) is 1. The Labute approximate surface area is 207 Å². The number of carbonyl (C=O) groups is 1. The van der Waals surface area contributed by atoms with E-state index >= 15 is 0 Å². The molecule has 0 unspecified atom stereocenters. The Bertz CT molecular complexity index is 1620. The van der Waals surface area contributed by atoms with Gasteiger partial charge in [-0.2, -0.15) is 4.31 Å². The van der Waals surface area contributed by atoms with Gasteiger partial charge in [0, 0.05) is 33.1 Å². The Morgan fingerprint density at radius 2 is 1.86 bits per heavy atom. The molecule has 36 heavy (non-hydrogen) atoms. The van der Waals surface area contributed by atoms with Gasteiger partial charge >= 0.3 is 0 Å². The van der Waals surface area contributed by atoms with Gasteiger partial charge in [0.1, 0.15) is 12.1 Å². The monoisotopic (exact) mass is 510 g/mol. The first-order valence-corrected chi connectivity index (χ1v) is 13.1. The molecule has 0 aliphatic carbocycles. The van der Waals surface area contributed by atoms with Crippen LogP contribution >= 0.6 is 0 Å². The number of imidazole rings is 1. The van der Waals surface area contributed by atoms with Crippen LogP contribution in [-0.4, -0.2) is 75.8 Å². The highest BCUT2D eigenvalue weighted by molar-refractivity contribution is 7.89. The van der Waals surface area contributed by atoms with Gasteiger partial charge in [-0.05, 0) is 36.8 Å². The van der Waals surface area contributed by atoms with E-state index in [-0.39, 0.29) is 29.5 Å². The molecule has 188 valence electrons. The lowest BCUT2D eigenvalue weighted by atomic mass is 10.2.